The molecule has 0 heterocycles. The molecule has 2 aliphatic carbocycles. The van der Waals surface area contributed by atoms with Crippen LogP contribution in [0, 0.1) is 17.3 Å². The van der Waals surface area contributed by atoms with Crippen LogP contribution in [0.25, 0.3) is 0 Å². The Balaban J connectivity index is 2.26. The summed E-state index contributed by atoms with van der Waals surface area (Å²) < 4.78 is 0. The van der Waals surface area contributed by atoms with E-state index in [-0.39, 0.29) is 0 Å². The van der Waals surface area contributed by atoms with E-state index in [2.05, 4.69) is 6.58 Å². The summed E-state index contributed by atoms with van der Waals surface area (Å²) >= 11 is 0. The minimum atomic E-state index is -0.527. The summed E-state index contributed by atoms with van der Waals surface area (Å²) in [5.41, 5.74) is -0.438. The second-order valence-corrected chi connectivity index (χ2v) is 6.15. The number of hydrogen-bond donors (Lipinski definition) is 1. The van der Waals surface area contributed by atoms with Crippen LogP contribution in [0.3, 0.4) is 0 Å². The quantitative estimate of drug-likeness (QED) is 0.751. The number of allylic oxidation sites excluding steroid dienone is 1. The first-order valence-electron chi connectivity index (χ1n) is 7.56. The van der Waals surface area contributed by atoms with Crippen LogP contribution >= 0.6 is 0 Å². The van der Waals surface area contributed by atoms with Crippen molar-refractivity contribution in [1.29, 1.82) is 0 Å². The second-order valence-electron chi connectivity index (χ2n) is 6.15. The number of carbonyl (C=O) groups is 1. The average Bonchev–Trinajstić information content (AvgIpc) is 2.40. The summed E-state index contributed by atoms with van der Waals surface area (Å²) in [5, 5.41) is 9.90. The number of carboxylic acids is 1. The molecule has 2 heteroatoms. The van der Waals surface area contributed by atoms with Gasteiger partial charge in [0.1, 0.15) is 0 Å². The fourth-order valence-corrected chi connectivity index (χ4v) is 4.41. The minimum absolute atomic E-state index is 0.323. The molecule has 0 bridgehead atoms. The first-order chi connectivity index (χ1) is 8.71. The molecule has 102 valence electrons. The van der Waals surface area contributed by atoms with Crippen LogP contribution < -0.4 is 0 Å². The van der Waals surface area contributed by atoms with E-state index in [4.69, 9.17) is 0 Å². The molecule has 2 saturated carbocycles. The van der Waals surface area contributed by atoms with Gasteiger partial charge in [-0.05, 0) is 43.9 Å². The molecule has 0 spiro atoms. The maximum absolute atomic E-state index is 12.0. The Morgan fingerprint density at radius 3 is 2.44 bits per heavy atom. The van der Waals surface area contributed by atoms with E-state index in [0.717, 1.165) is 38.5 Å². The van der Waals surface area contributed by atoms with Gasteiger partial charge in [-0.25, -0.2) is 0 Å². The van der Waals surface area contributed by atoms with Gasteiger partial charge in [0.15, 0.2) is 0 Å². The Hall–Kier alpha value is -0.790. The topological polar surface area (TPSA) is 37.3 Å². The fraction of sp³-hybridized carbons (Fsp3) is 0.812. The molecular formula is C16H26O2. The first kappa shape index (κ1) is 13.6. The third-order valence-corrected chi connectivity index (χ3v) is 5.30. The molecule has 2 fully saturated rings. The third-order valence-electron chi connectivity index (χ3n) is 5.30. The lowest BCUT2D eigenvalue weighted by Crippen LogP contribution is -2.47. The van der Waals surface area contributed by atoms with Crippen molar-refractivity contribution < 1.29 is 9.90 Å². The summed E-state index contributed by atoms with van der Waals surface area (Å²) in [6.07, 6.45) is 13.1. The van der Waals surface area contributed by atoms with Crippen LogP contribution in [0.4, 0.5) is 0 Å². The van der Waals surface area contributed by atoms with Gasteiger partial charge < -0.3 is 5.11 Å². The summed E-state index contributed by atoms with van der Waals surface area (Å²) in [7, 11) is 0. The molecule has 0 saturated heterocycles. The molecular weight excluding hydrogens is 224 g/mol. The van der Waals surface area contributed by atoms with Gasteiger partial charge in [-0.2, -0.15) is 0 Å². The summed E-state index contributed by atoms with van der Waals surface area (Å²) in [6.45, 7) is 3.83. The van der Waals surface area contributed by atoms with Crippen molar-refractivity contribution in [1.82, 2.24) is 0 Å². The van der Waals surface area contributed by atoms with Crippen molar-refractivity contribution in [2.24, 2.45) is 17.3 Å². The largest absolute Gasteiger partial charge is 0.481 e. The van der Waals surface area contributed by atoms with Crippen molar-refractivity contribution >= 4 is 5.97 Å². The van der Waals surface area contributed by atoms with Crippen LogP contribution in [0.1, 0.15) is 64.2 Å². The number of aliphatic carboxylic acids is 1. The van der Waals surface area contributed by atoms with E-state index >= 15 is 0 Å². The Labute approximate surface area is 110 Å². The SMILES string of the molecule is C=CCC1CCCCC1(C(=O)O)C1CCCCC1. The van der Waals surface area contributed by atoms with Crippen LogP contribution in [0.5, 0.6) is 0 Å². The molecule has 2 nitrogen and oxygen atoms in total. The van der Waals surface area contributed by atoms with E-state index < -0.39 is 11.4 Å². The predicted molar refractivity (Wildman–Crippen MR) is 73.4 cm³/mol. The second kappa shape index (κ2) is 5.90. The van der Waals surface area contributed by atoms with E-state index in [0.29, 0.717) is 11.8 Å². The molecule has 2 unspecified atom stereocenters. The summed E-state index contributed by atoms with van der Waals surface area (Å²) in [4.78, 5) is 12.0. The maximum atomic E-state index is 12.0. The highest BCUT2D eigenvalue weighted by atomic mass is 16.4. The zero-order valence-electron chi connectivity index (χ0n) is 11.4. The zero-order chi connectivity index (χ0) is 13.0. The number of carboxylic acid groups (broad SMARTS) is 1. The molecule has 18 heavy (non-hydrogen) atoms. The molecule has 0 aromatic heterocycles. The molecule has 2 atom stereocenters. The highest BCUT2D eigenvalue weighted by Gasteiger charge is 2.51. The Bertz CT molecular complexity index is 304. The smallest absolute Gasteiger partial charge is 0.310 e. The lowest BCUT2D eigenvalue weighted by atomic mass is 9.56. The van der Waals surface area contributed by atoms with E-state index in [9.17, 15) is 9.90 Å². The lowest BCUT2D eigenvalue weighted by Gasteiger charge is -2.47. The molecule has 0 amide bonds. The predicted octanol–water partition coefficient (Wildman–Crippen LogP) is 4.40. The van der Waals surface area contributed by atoms with Crippen LogP contribution in [0.15, 0.2) is 12.7 Å². The van der Waals surface area contributed by atoms with Crippen molar-refractivity contribution in [3.63, 3.8) is 0 Å². The molecule has 1 N–H and O–H groups in total. The van der Waals surface area contributed by atoms with Crippen LogP contribution in [0.2, 0.25) is 0 Å². The van der Waals surface area contributed by atoms with Gasteiger partial charge >= 0.3 is 5.97 Å². The van der Waals surface area contributed by atoms with Gasteiger partial charge in [-0.3, -0.25) is 4.79 Å². The fourth-order valence-electron chi connectivity index (χ4n) is 4.41. The molecule has 2 aliphatic rings. The first-order valence-corrected chi connectivity index (χ1v) is 7.56. The Kier molecular flexibility index (Phi) is 4.47. The van der Waals surface area contributed by atoms with Crippen molar-refractivity contribution in [3.8, 4) is 0 Å². The van der Waals surface area contributed by atoms with Gasteiger partial charge in [0, 0.05) is 0 Å². The minimum Gasteiger partial charge on any atom is -0.481 e. The zero-order valence-corrected chi connectivity index (χ0v) is 11.4. The normalized spacial score (nSPS) is 34.1. The molecule has 0 radical (unpaired) electrons. The molecule has 0 aromatic carbocycles. The molecule has 0 aliphatic heterocycles. The van der Waals surface area contributed by atoms with Crippen molar-refractivity contribution in [3.05, 3.63) is 12.7 Å². The number of hydrogen-bond acceptors (Lipinski definition) is 1. The molecule has 2 rings (SSSR count). The summed E-state index contributed by atoms with van der Waals surface area (Å²) in [6, 6.07) is 0. The number of rotatable bonds is 4. The van der Waals surface area contributed by atoms with Gasteiger partial charge in [0.25, 0.3) is 0 Å². The van der Waals surface area contributed by atoms with E-state index in [1.54, 1.807) is 0 Å². The lowest BCUT2D eigenvalue weighted by molar-refractivity contribution is -0.162. The highest BCUT2D eigenvalue weighted by Crippen LogP contribution is 2.52. The van der Waals surface area contributed by atoms with Crippen molar-refractivity contribution in [2.75, 3.05) is 0 Å². The average molecular weight is 250 g/mol. The van der Waals surface area contributed by atoms with Crippen molar-refractivity contribution in [2.45, 2.75) is 64.2 Å². The van der Waals surface area contributed by atoms with Crippen LogP contribution in [-0.4, -0.2) is 11.1 Å². The maximum Gasteiger partial charge on any atom is 0.310 e. The van der Waals surface area contributed by atoms with Gasteiger partial charge in [-0.1, -0.05) is 38.2 Å². The highest BCUT2D eigenvalue weighted by molar-refractivity contribution is 5.75. The van der Waals surface area contributed by atoms with E-state index in [1.165, 1.54) is 25.7 Å². The Morgan fingerprint density at radius 1 is 1.17 bits per heavy atom. The third kappa shape index (κ3) is 2.34. The Morgan fingerprint density at radius 2 is 1.83 bits per heavy atom. The summed E-state index contributed by atoms with van der Waals surface area (Å²) in [5.74, 6) is 0.208. The van der Waals surface area contributed by atoms with Gasteiger partial charge in [-0.15, -0.1) is 6.58 Å². The van der Waals surface area contributed by atoms with Gasteiger partial charge in [0.05, 0.1) is 5.41 Å². The van der Waals surface area contributed by atoms with Gasteiger partial charge in [0.2, 0.25) is 0 Å². The monoisotopic (exact) mass is 250 g/mol. The van der Waals surface area contributed by atoms with E-state index in [1.807, 2.05) is 6.08 Å². The van der Waals surface area contributed by atoms with Crippen LogP contribution in [-0.2, 0) is 4.79 Å². The standard InChI is InChI=1S/C16H26O2/c1-2-8-13-11-6-7-12-16(13,15(17)18)14-9-4-3-5-10-14/h2,13-14H,1,3-12H2,(H,17,18). The molecule has 0 aromatic rings.